The van der Waals surface area contributed by atoms with E-state index >= 15 is 0 Å². The maximum Gasteiger partial charge on any atom is 0.347 e. The molecule has 3 nitrogen and oxygen atoms in total. The van der Waals surface area contributed by atoms with Gasteiger partial charge in [-0.2, -0.15) is 0 Å². The molecule has 0 aliphatic rings. The summed E-state index contributed by atoms with van der Waals surface area (Å²) in [6, 6.07) is 7.62. The van der Waals surface area contributed by atoms with Crippen LogP contribution in [0.1, 0.15) is 9.67 Å². The number of hydrogen-bond acceptors (Lipinski definition) is 3. The number of hydrogen-bond donors (Lipinski definition) is 1. The number of aromatic nitrogens is 1. The first-order chi connectivity index (χ1) is 8.18. The van der Waals surface area contributed by atoms with Gasteiger partial charge in [-0.25, -0.2) is 4.79 Å². The third-order valence-electron chi connectivity index (χ3n) is 2.57. The fraction of sp³-hybridized carbons (Fsp3) is 0. The van der Waals surface area contributed by atoms with Crippen molar-refractivity contribution in [1.29, 1.82) is 0 Å². The van der Waals surface area contributed by atoms with E-state index in [1.165, 1.54) is 11.3 Å². The van der Waals surface area contributed by atoms with Crippen LogP contribution in [0.15, 0.2) is 34.9 Å². The summed E-state index contributed by atoms with van der Waals surface area (Å²) in [5.41, 5.74) is 0.871. The lowest BCUT2D eigenvalue weighted by molar-refractivity contribution is 0.0701. The van der Waals surface area contributed by atoms with Crippen molar-refractivity contribution in [3.05, 3.63) is 39.8 Å². The minimum absolute atomic E-state index is 0.330. The first-order valence-electron chi connectivity index (χ1n) is 4.87. The molecule has 0 saturated carbocycles. The zero-order valence-electron chi connectivity index (χ0n) is 8.48. The van der Waals surface area contributed by atoms with E-state index in [-0.39, 0.29) is 0 Å². The molecule has 2 heterocycles. The van der Waals surface area contributed by atoms with Gasteiger partial charge in [0.15, 0.2) is 0 Å². The molecular formula is C12H6BrNO2S. The van der Waals surface area contributed by atoms with Gasteiger partial charge < -0.3 is 5.11 Å². The monoisotopic (exact) mass is 307 g/mol. The Hall–Kier alpha value is -1.46. The van der Waals surface area contributed by atoms with Crippen LogP contribution in [0.4, 0.5) is 0 Å². The molecule has 1 aromatic carbocycles. The van der Waals surface area contributed by atoms with E-state index in [4.69, 9.17) is 5.11 Å². The summed E-state index contributed by atoms with van der Waals surface area (Å²) in [6.07, 6.45) is 1.73. The van der Waals surface area contributed by atoms with Crippen molar-refractivity contribution in [3.63, 3.8) is 0 Å². The third kappa shape index (κ3) is 1.54. The van der Waals surface area contributed by atoms with Crippen LogP contribution in [-0.2, 0) is 0 Å². The third-order valence-corrected chi connectivity index (χ3v) is 4.77. The first-order valence-corrected chi connectivity index (χ1v) is 6.48. The summed E-state index contributed by atoms with van der Waals surface area (Å²) >= 11 is 4.65. The predicted molar refractivity (Wildman–Crippen MR) is 71.8 cm³/mol. The summed E-state index contributed by atoms with van der Waals surface area (Å²) < 4.78 is 1.60. The molecule has 2 aromatic heterocycles. The van der Waals surface area contributed by atoms with E-state index in [1.54, 1.807) is 6.20 Å². The van der Waals surface area contributed by atoms with Crippen molar-refractivity contribution < 1.29 is 9.90 Å². The molecule has 0 aliphatic carbocycles. The van der Waals surface area contributed by atoms with Crippen LogP contribution in [0, 0.1) is 0 Å². The fourth-order valence-electron chi connectivity index (χ4n) is 1.85. The van der Waals surface area contributed by atoms with E-state index in [0.29, 0.717) is 9.35 Å². The molecule has 0 fully saturated rings. The number of halogens is 1. The topological polar surface area (TPSA) is 50.2 Å². The Balaban J connectivity index is 2.53. The lowest BCUT2D eigenvalue weighted by atomic mass is 10.1. The SMILES string of the molecule is O=C(O)c1sc2ccc3ncccc3c2c1Br. The zero-order chi connectivity index (χ0) is 12.0. The van der Waals surface area contributed by atoms with Gasteiger partial charge >= 0.3 is 5.97 Å². The Labute approximate surface area is 109 Å². The smallest absolute Gasteiger partial charge is 0.347 e. The maximum atomic E-state index is 11.1. The first kappa shape index (κ1) is 10.7. The highest BCUT2D eigenvalue weighted by Crippen LogP contribution is 2.39. The average Bonchev–Trinajstić information content (AvgIpc) is 2.67. The minimum atomic E-state index is -0.907. The van der Waals surface area contributed by atoms with Crippen LogP contribution >= 0.6 is 27.3 Å². The Kier molecular flexibility index (Phi) is 2.38. The van der Waals surface area contributed by atoms with Crippen LogP contribution in [-0.4, -0.2) is 16.1 Å². The summed E-state index contributed by atoms with van der Waals surface area (Å²) in [4.78, 5) is 15.7. The van der Waals surface area contributed by atoms with Crippen molar-refractivity contribution >= 4 is 54.2 Å². The Morgan fingerprint density at radius 2 is 2.18 bits per heavy atom. The van der Waals surface area contributed by atoms with Crippen molar-refractivity contribution in [3.8, 4) is 0 Å². The van der Waals surface area contributed by atoms with Crippen molar-refractivity contribution in [1.82, 2.24) is 4.98 Å². The second kappa shape index (κ2) is 3.78. The normalized spacial score (nSPS) is 11.1. The number of carbonyl (C=O) groups is 1. The average molecular weight is 308 g/mol. The van der Waals surface area contributed by atoms with Gasteiger partial charge in [-0.05, 0) is 34.1 Å². The van der Waals surface area contributed by atoms with Gasteiger partial charge in [0.1, 0.15) is 4.88 Å². The highest BCUT2D eigenvalue weighted by atomic mass is 79.9. The van der Waals surface area contributed by atoms with Crippen LogP contribution in [0.5, 0.6) is 0 Å². The number of carboxylic acids is 1. The van der Waals surface area contributed by atoms with Crippen molar-refractivity contribution in [2.24, 2.45) is 0 Å². The molecular weight excluding hydrogens is 302 g/mol. The number of fused-ring (bicyclic) bond motifs is 3. The van der Waals surface area contributed by atoms with E-state index in [0.717, 1.165) is 21.0 Å². The number of carboxylic acid groups (broad SMARTS) is 1. The van der Waals surface area contributed by atoms with Gasteiger partial charge in [0.2, 0.25) is 0 Å². The fourth-order valence-corrected chi connectivity index (χ4v) is 3.77. The van der Waals surface area contributed by atoms with Gasteiger partial charge in [-0.15, -0.1) is 11.3 Å². The van der Waals surface area contributed by atoms with E-state index in [1.807, 2.05) is 24.3 Å². The van der Waals surface area contributed by atoms with Gasteiger partial charge in [-0.1, -0.05) is 6.07 Å². The van der Waals surface area contributed by atoms with Gasteiger partial charge in [0, 0.05) is 21.7 Å². The van der Waals surface area contributed by atoms with Gasteiger partial charge in [0.05, 0.1) is 9.99 Å². The highest BCUT2D eigenvalue weighted by molar-refractivity contribution is 9.10. The molecule has 0 bridgehead atoms. The Morgan fingerprint density at radius 3 is 2.94 bits per heavy atom. The number of thiophene rings is 1. The molecule has 0 unspecified atom stereocenters. The number of rotatable bonds is 1. The lowest BCUT2D eigenvalue weighted by Crippen LogP contribution is -1.91. The molecule has 1 N–H and O–H groups in total. The van der Waals surface area contributed by atoms with Crippen LogP contribution in [0.3, 0.4) is 0 Å². The summed E-state index contributed by atoms with van der Waals surface area (Å²) in [7, 11) is 0. The zero-order valence-corrected chi connectivity index (χ0v) is 10.9. The lowest BCUT2D eigenvalue weighted by Gasteiger charge is -1.98. The number of benzene rings is 1. The number of pyridine rings is 1. The molecule has 3 aromatic rings. The molecule has 0 aliphatic heterocycles. The minimum Gasteiger partial charge on any atom is -0.477 e. The molecule has 84 valence electrons. The van der Waals surface area contributed by atoms with Gasteiger partial charge in [-0.3, -0.25) is 4.98 Å². The van der Waals surface area contributed by atoms with Crippen molar-refractivity contribution in [2.75, 3.05) is 0 Å². The molecule has 0 amide bonds. The van der Waals surface area contributed by atoms with Crippen LogP contribution in [0.2, 0.25) is 0 Å². The molecule has 3 rings (SSSR count). The molecule has 0 saturated heterocycles. The molecule has 0 spiro atoms. The second-order valence-electron chi connectivity index (χ2n) is 3.56. The summed E-state index contributed by atoms with van der Waals surface area (Å²) in [6.45, 7) is 0. The van der Waals surface area contributed by atoms with Gasteiger partial charge in [0.25, 0.3) is 0 Å². The van der Waals surface area contributed by atoms with E-state index in [2.05, 4.69) is 20.9 Å². The maximum absolute atomic E-state index is 11.1. The molecule has 17 heavy (non-hydrogen) atoms. The summed E-state index contributed by atoms with van der Waals surface area (Å²) in [5, 5.41) is 11.0. The number of nitrogens with zero attached hydrogens (tertiary/aromatic N) is 1. The van der Waals surface area contributed by atoms with Crippen molar-refractivity contribution in [2.45, 2.75) is 0 Å². The summed E-state index contributed by atoms with van der Waals surface area (Å²) in [5.74, 6) is -0.907. The standard InChI is InChI=1S/C12H6BrNO2S/c13-10-9-6-2-1-5-14-7(6)3-4-8(9)17-11(10)12(15)16/h1-5H,(H,15,16). The van der Waals surface area contributed by atoms with E-state index in [9.17, 15) is 4.79 Å². The molecule has 0 atom stereocenters. The Morgan fingerprint density at radius 1 is 1.35 bits per heavy atom. The van der Waals surface area contributed by atoms with Crippen LogP contribution in [0.25, 0.3) is 21.0 Å². The predicted octanol–water partition coefficient (Wildman–Crippen LogP) is 3.91. The largest absolute Gasteiger partial charge is 0.477 e. The Bertz CT molecular complexity index is 751. The quantitative estimate of drug-likeness (QED) is 0.741. The van der Waals surface area contributed by atoms with Crippen LogP contribution < -0.4 is 0 Å². The molecule has 0 radical (unpaired) electrons. The van der Waals surface area contributed by atoms with E-state index < -0.39 is 5.97 Å². The highest BCUT2D eigenvalue weighted by Gasteiger charge is 2.17. The molecule has 5 heteroatoms. The second-order valence-corrected chi connectivity index (χ2v) is 5.40. The number of aromatic carboxylic acids is 1.